The van der Waals surface area contributed by atoms with Crippen LogP contribution in [0.5, 0.6) is 51.7 Å². The maximum Gasteiger partial charge on any atom is 0.513 e. The zero-order valence-corrected chi connectivity index (χ0v) is 53.7. The van der Waals surface area contributed by atoms with Crippen LogP contribution in [-0.4, -0.2) is 57.3 Å². The van der Waals surface area contributed by atoms with E-state index in [-0.39, 0.29) is 57.0 Å². The Kier molecular flexibility index (Phi) is 17.2. The molecule has 2 aliphatic rings. The number of ether oxygens (including phenoxy) is 8. The Morgan fingerprint density at radius 2 is 0.632 bits per heavy atom. The van der Waals surface area contributed by atoms with Gasteiger partial charge in [0.25, 0.3) is 23.6 Å². The van der Waals surface area contributed by atoms with Crippen LogP contribution in [0.1, 0.15) is 127 Å². The minimum atomic E-state index is -0.820. The van der Waals surface area contributed by atoms with Gasteiger partial charge in [-0.05, 0) is 178 Å². The molecule has 10 aromatic carbocycles. The average molecular weight is 1270 g/mol. The number of fused-ring (bicyclic) bond motifs is 2. The van der Waals surface area contributed by atoms with Gasteiger partial charge in [0.05, 0.1) is 55.0 Å². The first-order valence-electron chi connectivity index (χ1n) is 30.6. The summed E-state index contributed by atoms with van der Waals surface area (Å²) in [6.45, 7) is 12.6. The highest BCUT2D eigenvalue weighted by Crippen LogP contribution is 2.44. The van der Waals surface area contributed by atoms with E-state index in [0.29, 0.717) is 40.1 Å². The van der Waals surface area contributed by atoms with Gasteiger partial charge < -0.3 is 37.9 Å². The van der Waals surface area contributed by atoms with Crippen molar-refractivity contribution < 1.29 is 66.7 Å². The Labute approximate surface area is 549 Å². The number of carbonyl (C=O) groups is 6. The lowest BCUT2D eigenvalue weighted by Crippen LogP contribution is -2.29. The van der Waals surface area contributed by atoms with Crippen molar-refractivity contribution in [2.45, 2.75) is 64.2 Å². The van der Waals surface area contributed by atoms with Crippen LogP contribution < -0.4 is 38.2 Å². The molecule has 0 radical (unpaired) electrons. The largest absolute Gasteiger partial charge is 0.513 e. The zero-order valence-electron chi connectivity index (χ0n) is 53.7. The molecule has 0 atom stereocenters. The van der Waals surface area contributed by atoms with Gasteiger partial charge in [-0.15, -0.1) is 0 Å². The lowest BCUT2D eigenvalue weighted by molar-refractivity contribution is 0.0909. The minimum Gasteiger partial charge on any atom is -0.497 e. The first-order valence-corrected chi connectivity index (χ1v) is 30.6. The second-order valence-electron chi connectivity index (χ2n) is 24.6. The molecule has 2 heterocycles. The molecule has 4 amide bonds. The Hall–Kier alpha value is -11.8. The lowest BCUT2D eigenvalue weighted by atomic mass is 9.78. The number of imide groups is 2. The van der Waals surface area contributed by atoms with Crippen molar-refractivity contribution in [1.82, 2.24) is 0 Å². The summed E-state index contributed by atoms with van der Waals surface area (Å²) in [6.07, 6.45) is -1.38. The first-order chi connectivity index (χ1) is 45.6. The molecule has 0 bridgehead atoms. The summed E-state index contributed by atoms with van der Waals surface area (Å²) >= 11 is 0. The SMILES string of the molecule is COC(=O)Oc1ccc(C(C)(C)c2ccc(Oc3cc(Cc4ccc(N5C(=O)c6ccc(Oc7ccc(C(C)(C)c8ccc(OC)cc8)cc7)cc6C5=O)c(Oc5ccc(C(C)(C)c6ccc(OC(=O)OC)cc6)cc5)c4)ccc3N3C(=O)c4ccccc4C3=O)cc2)cc1. The van der Waals surface area contributed by atoms with E-state index < -0.39 is 46.8 Å². The predicted molar refractivity (Wildman–Crippen MR) is 359 cm³/mol. The number of carbonyl (C=O) groups excluding carboxylic acids is 6. The third-order valence-electron chi connectivity index (χ3n) is 17.7. The number of anilines is 2. The number of hydrogen-bond donors (Lipinski definition) is 0. The number of methoxy groups -OCH3 is 3. The Bertz CT molecular complexity index is 4580. The van der Waals surface area contributed by atoms with Gasteiger partial charge in [0.1, 0.15) is 40.2 Å². The fourth-order valence-electron chi connectivity index (χ4n) is 11.9. The summed E-state index contributed by atoms with van der Waals surface area (Å²) in [5.74, 6) is 1.51. The highest BCUT2D eigenvalue weighted by atomic mass is 16.7. The van der Waals surface area contributed by atoms with Gasteiger partial charge in [0, 0.05) is 16.2 Å². The van der Waals surface area contributed by atoms with E-state index in [9.17, 15) is 28.8 Å². The van der Waals surface area contributed by atoms with Crippen molar-refractivity contribution in [3.05, 3.63) is 291 Å². The molecule has 2 aliphatic heterocycles. The zero-order chi connectivity index (χ0) is 66.9. The molecule has 476 valence electrons. The number of amides is 4. The van der Waals surface area contributed by atoms with Crippen LogP contribution in [0.25, 0.3) is 0 Å². The van der Waals surface area contributed by atoms with E-state index in [2.05, 4.69) is 51.0 Å². The van der Waals surface area contributed by atoms with Crippen molar-refractivity contribution >= 4 is 47.3 Å². The molecule has 10 aromatic rings. The number of hydrogen-bond acceptors (Lipinski definition) is 14. The van der Waals surface area contributed by atoms with E-state index in [1.807, 2.05) is 133 Å². The average Bonchev–Trinajstić information content (AvgIpc) is 1.65. The van der Waals surface area contributed by atoms with Gasteiger partial charge in [-0.2, -0.15) is 0 Å². The van der Waals surface area contributed by atoms with E-state index >= 15 is 0 Å². The first kappa shape index (κ1) is 63.4. The van der Waals surface area contributed by atoms with Crippen LogP contribution in [0.2, 0.25) is 0 Å². The molecule has 0 unspecified atom stereocenters. The van der Waals surface area contributed by atoms with Gasteiger partial charge in [-0.3, -0.25) is 19.2 Å². The molecular weight excluding hydrogens is 1200 g/mol. The van der Waals surface area contributed by atoms with Crippen molar-refractivity contribution in [2.75, 3.05) is 31.1 Å². The molecule has 16 heteroatoms. The fraction of sp³-hybridized carbons (Fsp3) is 0.165. The molecule has 0 aliphatic carbocycles. The van der Waals surface area contributed by atoms with Crippen molar-refractivity contribution in [3.8, 4) is 51.7 Å². The highest BCUT2D eigenvalue weighted by Gasteiger charge is 2.40. The molecule has 0 aromatic heterocycles. The van der Waals surface area contributed by atoms with Crippen LogP contribution >= 0.6 is 0 Å². The second kappa shape index (κ2) is 25.7. The second-order valence-corrected chi connectivity index (χ2v) is 24.6. The number of rotatable bonds is 19. The highest BCUT2D eigenvalue weighted by molar-refractivity contribution is 6.35. The van der Waals surface area contributed by atoms with Gasteiger partial charge in [-0.25, -0.2) is 19.4 Å². The van der Waals surface area contributed by atoms with Crippen molar-refractivity contribution in [2.24, 2.45) is 0 Å². The van der Waals surface area contributed by atoms with E-state index in [0.717, 1.165) is 54.5 Å². The van der Waals surface area contributed by atoms with E-state index in [1.165, 1.54) is 14.2 Å². The molecule has 0 saturated heterocycles. The summed E-state index contributed by atoms with van der Waals surface area (Å²) < 4.78 is 44.9. The van der Waals surface area contributed by atoms with Gasteiger partial charge in [0.2, 0.25) is 0 Å². The van der Waals surface area contributed by atoms with Crippen molar-refractivity contribution in [3.63, 3.8) is 0 Å². The van der Waals surface area contributed by atoms with Crippen LogP contribution in [0.15, 0.2) is 224 Å². The van der Waals surface area contributed by atoms with E-state index in [1.54, 1.807) is 98.1 Å². The normalized spacial score (nSPS) is 12.9. The molecule has 0 spiro atoms. The van der Waals surface area contributed by atoms with Crippen LogP contribution in [0, 0.1) is 0 Å². The number of benzene rings is 10. The molecule has 0 fully saturated rings. The molecule has 16 nitrogen and oxygen atoms in total. The minimum absolute atomic E-state index is 0.152. The maximum atomic E-state index is 14.8. The summed E-state index contributed by atoms with van der Waals surface area (Å²) in [7, 11) is 4.13. The van der Waals surface area contributed by atoms with E-state index in [4.69, 9.17) is 28.4 Å². The van der Waals surface area contributed by atoms with Gasteiger partial charge >= 0.3 is 12.3 Å². The quantitative estimate of drug-likeness (QED) is 0.0423. The molecular formula is C79H66N2O14. The predicted octanol–water partition coefficient (Wildman–Crippen LogP) is 17.5. The maximum absolute atomic E-state index is 14.8. The Morgan fingerprint density at radius 3 is 0.979 bits per heavy atom. The lowest BCUT2D eigenvalue weighted by Gasteiger charge is -2.26. The molecule has 95 heavy (non-hydrogen) atoms. The smallest absolute Gasteiger partial charge is 0.497 e. The molecule has 0 N–H and O–H groups in total. The van der Waals surface area contributed by atoms with Crippen LogP contribution in [0.4, 0.5) is 21.0 Å². The Morgan fingerprint density at radius 1 is 0.326 bits per heavy atom. The summed E-state index contributed by atoms with van der Waals surface area (Å²) in [5, 5.41) is 0. The monoisotopic (exact) mass is 1270 g/mol. The van der Waals surface area contributed by atoms with Gasteiger partial charge in [0.15, 0.2) is 11.5 Å². The fourth-order valence-corrected chi connectivity index (χ4v) is 11.9. The summed E-state index contributed by atoms with van der Waals surface area (Å²) in [5.41, 5.74) is 7.33. The van der Waals surface area contributed by atoms with Crippen LogP contribution in [-0.2, 0) is 32.1 Å². The Balaban J connectivity index is 0.853. The summed E-state index contributed by atoms with van der Waals surface area (Å²) in [4.78, 5) is 83.4. The topological polar surface area (TPSA) is 183 Å². The van der Waals surface area contributed by atoms with Crippen LogP contribution in [0.3, 0.4) is 0 Å². The van der Waals surface area contributed by atoms with Gasteiger partial charge in [-0.1, -0.05) is 139 Å². The molecule has 0 saturated carbocycles. The standard InChI is InChI=1S/C79H66N2O14/c1-77(2,50-16-28-56(88-7)29-17-50)51-18-30-57(31-19-51)91-62-40-41-65-66(47-62)74(85)81(73(65)84)68-43-15-49(46-70(68)93-59-34-22-53(23-35-59)79(5,6)55-26-38-61(39-27-55)95-76(87)90-9)44-48-14-42-67(80-71(82)63-12-10-11-13-64(63)72(80)83)69(45-48)92-58-32-20-52(21-33-58)78(3,4)54-24-36-60(37-25-54)94-75(86)89-8/h10-43,45-47H,44H2,1-9H3. The number of nitrogens with zero attached hydrogens (tertiary/aromatic N) is 2. The van der Waals surface area contributed by atoms with Crippen molar-refractivity contribution in [1.29, 1.82) is 0 Å². The third kappa shape index (κ3) is 12.7. The summed E-state index contributed by atoms with van der Waals surface area (Å²) in [6, 6.07) is 67.1. The third-order valence-corrected chi connectivity index (χ3v) is 17.7. The molecule has 12 rings (SSSR count).